The fourth-order valence-corrected chi connectivity index (χ4v) is 2.88. The molecular weight excluding hydrogens is 282 g/mol. The minimum Gasteiger partial charge on any atom is -0.389 e. The van der Waals surface area contributed by atoms with Crippen LogP contribution in [0, 0.1) is 0 Å². The molecule has 1 aromatic rings. The summed E-state index contributed by atoms with van der Waals surface area (Å²) in [6, 6.07) is 7.92. The van der Waals surface area contributed by atoms with Crippen molar-refractivity contribution in [1.82, 2.24) is 9.80 Å². The van der Waals surface area contributed by atoms with Crippen LogP contribution in [0.15, 0.2) is 24.3 Å². The zero-order chi connectivity index (χ0) is 15.4. The number of benzene rings is 1. The lowest BCUT2D eigenvalue weighted by molar-refractivity contribution is -0.132. The fourth-order valence-electron chi connectivity index (χ4n) is 2.75. The van der Waals surface area contributed by atoms with Crippen molar-refractivity contribution in [3.8, 4) is 0 Å². The van der Waals surface area contributed by atoms with Gasteiger partial charge in [0, 0.05) is 25.2 Å². The molecule has 0 radical (unpaired) electrons. The maximum absolute atomic E-state index is 12.4. The van der Waals surface area contributed by atoms with Crippen LogP contribution >= 0.6 is 12.2 Å². The van der Waals surface area contributed by atoms with Crippen molar-refractivity contribution < 1.29 is 4.79 Å². The molecule has 1 unspecified atom stereocenters. The van der Waals surface area contributed by atoms with E-state index in [2.05, 4.69) is 11.9 Å². The van der Waals surface area contributed by atoms with Crippen LogP contribution in [0.3, 0.4) is 0 Å². The van der Waals surface area contributed by atoms with E-state index in [-0.39, 0.29) is 5.91 Å². The van der Waals surface area contributed by atoms with Crippen molar-refractivity contribution in [1.29, 1.82) is 0 Å². The van der Waals surface area contributed by atoms with Gasteiger partial charge >= 0.3 is 0 Å². The highest BCUT2D eigenvalue weighted by molar-refractivity contribution is 7.80. The lowest BCUT2D eigenvalue weighted by atomic mass is 10.0. The van der Waals surface area contributed by atoms with E-state index in [0.717, 1.165) is 37.1 Å². The number of likely N-dealkylation sites (tertiary alicyclic amines) is 1. The molecule has 2 rings (SSSR count). The van der Waals surface area contributed by atoms with Gasteiger partial charge in [-0.25, -0.2) is 0 Å². The highest BCUT2D eigenvalue weighted by Gasteiger charge is 2.24. The van der Waals surface area contributed by atoms with E-state index in [0.29, 0.717) is 17.5 Å². The number of thiocarbonyl (C=S) groups is 1. The monoisotopic (exact) mass is 305 g/mol. The number of carbonyl (C=O) groups is 1. The fraction of sp³-hybridized carbons (Fsp3) is 0.500. The molecule has 5 heteroatoms. The molecule has 1 amide bonds. The molecule has 0 saturated carbocycles. The minimum atomic E-state index is 0.165. The third-order valence-electron chi connectivity index (χ3n) is 4.13. The van der Waals surface area contributed by atoms with Gasteiger partial charge in [-0.15, -0.1) is 0 Å². The van der Waals surface area contributed by atoms with Crippen molar-refractivity contribution in [2.24, 2.45) is 5.73 Å². The number of hydrogen-bond acceptors (Lipinski definition) is 3. The van der Waals surface area contributed by atoms with Crippen LogP contribution in [0.4, 0.5) is 0 Å². The Hall–Kier alpha value is -1.46. The van der Waals surface area contributed by atoms with Crippen molar-refractivity contribution in [2.45, 2.75) is 25.3 Å². The standard InChI is InChI=1S/C16H23N3OS/c1-18-9-3-4-14(11-18)19(2)15(20)10-12-5-7-13(8-6-12)16(17)21/h5-8,14H,3-4,9-11H2,1-2H3,(H2,17,21). The lowest BCUT2D eigenvalue weighted by Gasteiger charge is -2.36. The predicted octanol–water partition coefficient (Wildman–Crippen LogP) is 1.42. The number of amides is 1. The number of hydrogen-bond donors (Lipinski definition) is 1. The van der Waals surface area contributed by atoms with Gasteiger partial charge in [-0.3, -0.25) is 4.79 Å². The number of nitrogens with two attached hydrogens (primary N) is 1. The third kappa shape index (κ3) is 4.25. The molecule has 0 aliphatic carbocycles. The van der Waals surface area contributed by atoms with Crippen molar-refractivity contribution in [3.63, 3.8) is 0 Å². The molecular formula is C16H23N3OS. The van der Waals surface area contributed by atoms with Crippen LogP contribution in [0.25, 0.3) is 0 Å². The van der Waals surface area contributed by atoms with E-state index in [1.165, 1.54) is 0 Å². The van der Waals surface area contributed by atoms with Crippen LogP contribution in [0.5, 0.6) is 0 Å². The number of carbonyl (C=O) groups excluding carboxylic acids is 1. The number of nitrogens with zero attached hydrogens (tertiary/aromatic N) is 2. The van der Waals surface area contributed by atoms with E-state index in [1.807, 2.05) is 36.2 Å². The van der Waals surface area contributed by atoms with Gasteiger partial charge in [-0.1, -0.05) is 36.5 Å². The molecule has 1 fully saturated rings. The van der Waals surface area contributed by atoms with Gasteiger partial charge < -0.3 is 15.5 Å². The Morgan fingerprint density at radius 3 is 2.67 bits per heavy atom. The zero-order valence-corrected chi connectivity index (χ0v) is 13.5. The van der Waals surface area contributed by atoms with Gasteiger partial charge in [-0.2, -0.15) is 0 Å². The molecule has 114 valence electrons. The average molecular weight is 305 g/mol. The van der Waals surface area contributed by atoms with Crippen LogP contribution in [0.1, 0.15) is 24.0 Å². The second-order valence-electron chi connectivity index (χ2n) is 5.80. The van der Waals surface area contributed by atoms with Crippen LogP contribution in [-0.2, 0) is 11.2 Å². The second kappa shape index (κ2) is 7.00. The largest absolute Gasteiger partial charge is 0.389 e. The molecule has 21 heavy (non-hydrogen) atoms. The molecule has 0 bridgehead atoms. The Balaban J connectivity index is 1.95. The maximum Gasteiger partial charge on any atom is 0.227 e. The number of piperidine rings is 1. The first-order valence-corrected chi connectivity index (χ1v) is 7.71. The van der Waals surface area contributed by atoms with E-state index < -0.39 is 0 Å². The molecule has 1 heterocycles. The predicted molar refractivity (Wildman–Crippen MR) is 89.3 cm³/mol. The van der Waals surface area contributed by atoms with Gasteiger partial charge in [0.2, 0.25) is 5.91 Å². The van der Waals surface area contributed by atoms with Gasteiger partial charge in [0.05, 0.1) is 6.42 Å². The number of rotatable bonds is 4. The maximum atomic E-state index is 12.4. The van der Waals surface area contributed by atoms with Crippen LogP contribution in [-0.4, -0.2) is 53.9 Å². The molecule has 0 aromatic heterocycles. The van der Waals surface area contributed by atoms with Crippen LogP contribution < -0.4 is 5.73 Å². The van der Waals surface area contributed by atoms with Crippen molar-refractivity contribution >= 4 is 23.1 Å². The number of likely N-dealkylation sites (N-methyl/N-ethyl adjacent to an activating group) is 2. The summed E-state index contributed by atoms with van der Waals surface area (Å²) in [4.78, 5) is 17.0. The molecule has 1 aliphatic rings. The van der Waals surface area contributed by atoms with E-state index in [4.69, 9.17) is 18.0 Å². The first kappa shape index (κ1) is 15.9. The smallest absolute Gasteiger partial charge is 0.227 e. The quantitative estimate of drug-likeness (QED) is 0.855. The summed E-state index contributed by atoms with van der Waals surface area (Å²) >= 11 is 4.93. The van der Waals surface area contributed by atoms with Crippen LogP contribution in [0.2, 0.25) is 0 Å². The molecule has 1 aliphatic heterocycles. The topological polar surface area (TPSA) is 49.6 Å². The molecule has 4 nitrogen and oxygen atoms in total. The molecule has 2 N–H and O–H groups in total. The Labute approximate surface area is 131 Å². The van der Waals surface area contributed by atoms with Gasteiger partial charge in [0.15, 0.2) is 0 Å². The summed E-state index contributed by atoms with van der Waals surface area (Å²) in [5, 5.41) is 0. The molecule has 1 atom stereocenters. The summed E-state index contributed by atoms with van der Waals surface area (Å²) in [7, 11) is 4.02. The van der Waals surface area contributed by atoms with Crippen molar-refractivity contribution in [3.05, 3.63) is 35.4 Å². The summed E-state index contributed by atoms with van der Waals surface area (Å²) in [6.07, 6.45) is 2.67. The van der Waals surface area contributed by atoms with E-state index in [1.54, 1.807) is 0 Å². The Kier molecular flexibility index (Phi) is 5.31. The van der Waals surface area contributed by atoms with E-state index >= 15 is 0 Å². The highest BCUT2D eigenvalue weighted by atomic mass is 32.1. The summed E-state index contributed by atoms with van der Waals surface area (Å²) < 4.78 is 0. The SMILES string of the molecule is CN1CCCC(N(C)C(=O)Cc2ccc(C(N)=S)cc2)C1. The lowest BCUT2D eigenvalue weighted by Crippen LogP contribution is -2.47. The summed E-state index contributed by atoms with van der Waals surface area (Å²) in [5.41, 5.74) is 7.41. The van der Waals surface area contributed by atoms with E-state index in [9.17, 15) is 4.79 Å². The zero-order valence-electron chi connectivity index (χ0n) is 12.7. The van der Waals surface area contributed by atoms with Gasteiger partial charge in [-0.05, 0) is 32.0 Å². The van der Waals surface area contributed by atoms with Crippen molar-refractivity contribution in [2.75, 3.05) is 27.2 Å². The molecule has 0 spiro atoms. The second-order valence-corrected chi connectivity index (χ2v) is 6.24. The van der Waals surface area contributed by atoms with Gasteiger partial charge in [0.25, 0.3) is 0 Å². The first-order chi connectivity index (χ1) is 9.97. The summed E-state index contributed by atoms with van der Waals surface area (Å²) in [5.74, 6) is 0.165. The van der Waals surface area contributed by atoms with Gasteiger partial charge in [0.1, 0.15) is 4.99 Å². The Bertz CT molecular complexity index is 515. The normalized spacial score (nSPS) is 19.2. The Morgan fingerprint density at radius 1 is 1.43 bits per heavy atom. The first-order valence-electron chi connectivity index (χ1n) is 7.30. The molecule has 1 saturated heterocycles. The Morgan fingerprint density at radius 2 is 2.10 bits per heavy atom. The minimum absolute atomic E-state index is 0.165. The summed E-state index contributed by atoms with van der Waals surface area (Å²) in [6.45, 7) is 2.08. The average Bonchev–Trinajstić information content (AvgIpc) is 2.47. The highest BCUT2D eigenvalue weighted by Crippen LogP contribution is 2.15. The third-order valence-corrected chi connectivity index (χ3v) is 4.37. The molecule has 1 aromatic carbocycles.